The van der Waals surface area contributed by atoms with Gasteiger partial charge >= 0.3 is 5.97 Å². The highest BCUT2D eigenvalue weighted by Gasteiger charge is 2.18. The lowest BCUT2D eigenvalue weighted by Crippen LogP contribution is -2.02. The Hall–Kier alpha value is -1.30. The number of carboxylic acids is 1. The van der Waals surface area contributed by atoms with Crippen LogP contribution in [0.15, 0.2) is 10.5 Å². The van der Waals surface area contributed by atoms with Crippen molar-refractivity contribution in [3.63, 3.8) is 0 Å². The molecule has 1 rings (SSSR count). The van der Waals surface area contributed by atoms with Crippen molar-refractivity contribution in [1.29, 1.82) is 0 Å². The van der Waals surface area contributed by atoms with Gasteiger partial charge in [-0.3, -0.25) is 4.79 Å². The number of aliphatic carboxylic acids is 1. The zero-order valence-corrected chi connectivity index (χ0v) is 11.7. The van der Waals surface area contributed by atoms with Crippen LogP contribution in [0.3, 0.4) is 0 Å². The lowest BCUT2D eigenvalue weighted by atomic mass is 10.1. The zero-order valence-electron chi connectivity index (χ0n) is 10.1. The summed E-state index contributed by atoms with van der Waals surface area (Å²) in [5.41, 5.74) is 0.579. The van der Waals surface area contributed by atoms with E-state index in [-0.39, 0.29) is 10.9 Å². The first-order valence-electron chi connectivity index (χ1n) is 5.31. The van der Waals surface area contributed by atoms with Crippen LogP contribution in [-0.2, 0) is 11.2 Å². The quantitative estimate of drug-likeness (QED) is 0.875. The highest BCUT2D eigenvalue weighted by Crippen LogP contribution is 2.38. The molecule has 1 aromatic carbocycles. The Morgan fingerprint density at radius 1 is 1.44 bits per heavy atom. The SMILES string of the molecule is COc1cc(F)c(Br)c(CCCC(=O)O)c1OC. The molecule has 0 radical (unpaired) electrons. The summed E-state index contributed by atoms with van der Waals surface area (Å²) in [6.07, 6.45) is 0.815. The van der Waals surface area contributed by atoms with Crippen molar-refractivity contribution >= 4 is 21.9 Å². The average molecular weight is 321 g/mol. The third-order valence-electron chi connectivity index (χ3n) is 2.47. The van der Waals surface area contributed by atoms with Crippen molar-refractivity contribution in [3.05, 3.63) is 21.9 Å². The van der Waals surface area contributed by atoms with Gasteiger partial charge in [0.15, 0.2) is 11.5 Å². The summed E-state index contributed by atoms with van der Waals surface area (Å²) >= 11 is 3.14. The van der Waals surface area contributed by atoms with Crippen molar-refractivity contribution in [3.8, 4) is 11.5 Å². The first kappa shape index (κ1) is 14.8. The molecule has 1 N–H and O–H groups in total. The number of carboxylic acid groups (broad SMARTS) is 1. The molecule has 0 aliphatic carbocycles. The highest BCUT2D eigenvalue weighted by molar-refractivity contribution is 9.10. The standard InChI is InChI=1S/C12H14BrFO4/c1-17-9-6-8(14)11(13)7(12(9)18-2)4-3-5-10(15)16/h6H,3-5H2,1-2H3,(H,15,16). The maximum absolute atomic E-state index is 13.6. The van der Waals surface area contributed by atoms with Gasteiger partial charge in [0, 0.05) is 18.1 Å². The van der Waals surface area contributed by atoms with E-state index in [9.17, 15) is 9.18 Å². The van der Waals surface area contributed by atoms with E-state index < -0.39 is 11.8 Å². The second kappa shape index (κ2) is 6.58. The summed E-state index contributed by atoms with van der Waals surface area (Å²) < 4.78 is 24.1. The monoisotopic (exact) mass is 320 g/mol. The van der Waals surface area contributed by atoms with E-state index in [1.165, 1.54) is 20.3 Å². The van der Waals surface area contributed by atoms with E-state index in [0.29, 0.717) is 29.9 Å². The maximum atomic E-state index is 13.6. The maximum Gasteiger partial charge on any atom is 0.303 e. The second-order valence-corrected chi connectivity index (χ2v) is 4.43. The number of carbonyl (C=O) groups is 1. The molecule has 0 spiro atoms. The van der Waals surface area contributed by atoms with Gasteiger partial charge in [-0.05, 0) is 28.8 Å². The first-order valence-corrected chi connectivity index (χ1v) is 6.11. The summed E-state index contributed by atoms with van der Waals surface area (Å²) in [6, 6.07) is 1.23. The van der Waals surface area contributed by atoms with Gasteiger partial charge in [0.05, 0.1) is 18.7 Å². The van der Waals surface area contributed by atoms with Gasteiger partial charge in [-0.25, -0.2) is 4.39 Å². The summed E-state index contributed by atoms with van der Waals surface area (Å²) in [5.74, 6) is -0.619. The molecular weight excluding hydrogens is 307 g/mol. The molecule has 0 heterocycles. The van der Waals surface area contributed by atoms with E-state index in [4.69, 9.17) is 14.6 Å². The van der Waals surface area contributed by atoms with E-state index in [1.54, 1.807) is 0 Å². The van der Waals surface area contributed by atoms with Gasteiger partial charge in [-0.1, -0.05) is 0 Å². The fraction of sp³-hybridized carbons (Fsp3) is 0.417. The molecule has 0 aliphatic heterocycles. The van der Waals surface area contributed by atoms with Crippen LogP contribution in [0, 0.1) is 5.82 Å². The van der Waals surface area contributed by atoms with Crippen LogP contribution in [0.2, 0.25) is 0 Å². The number of benzene rings is 1. The van der Waals surface area contributed by atoms with Crippen molar-refractivity contribution in [2.24, 2.45) is 0 Å². The molecule has 0 bridgehead atoms. The number of halogens is 2. The minimum atomic E-state index is -0.881. The van der Waals surface area contributed by atoms with Crippen LogP contribution in [0.1, 0.15) is 18.4 Å². The van der Waals surface area contributed by atoms with Crippen LogP contribution in [0.5, 0.6) is 11.5 Å². The number of rotatable bonds is 6. The summed E-state index contributed by atoms with van der Waals surface area (Å²) in [5, 5.41) is 8.60. The molecule has 0 saturated carbocycles. The van der Waals surface area contributed by atoms with Crippen LogP contribution in [-0.4, -0.2) is 25.3 Å². The molecular formula is C12H14BrFO4. The first-order chi connectivity index (χ1) is 8.51. The topological polar surface area (TPSA) is 55.8 Å². The van der Waals surface area contributed by atoms with E-state index in [2.05, 4.69) is 15.9 Å². The largest absolute Gasteiger partial charge is 0.493 e. The Labute approximate surface area is 113 Å². The van der Waals surface area contributed by atoms with Crippen LogP contribution in [0.25, 0.3) is 0 Å². The Kier molecular flexibility index (Phi) is 5.40. The van der Waals surface area contributed by atoms with Gasteiger partial charge in [-0.15, -0.1) is 0 Å². The second-order valence-electron chi connectivity index (χ2n) is 3.63. The zero-order chi connectivity index (χ0) is 13.7. The summed E-state index contributed by atoms with van der Waals surface area (Å²) in [4.78, 5) is 10.5. The number of methoxy groups -OCH3 is 2. The molecule has 6 heteroatoms. The smallest absolute Gasteiger partial charge is 0.303 e. The van der Waals surface area contributed by atoms with E-state index in [1.807, 2.05) is 0 Å². The van der Waals surface area contributed by atoms with Crippen LogP contribution in [0.4, 0.5) is 4.39 Å². The fourth-order valence-electron chi connectivity index (χ4n) is 1.65. The Bertz CT molecular complexity index is 448. The lowest BCUT2D eigenvalue weighted by Gasteiger charge is -2.14. The molecule has 0 atom stereocenters. The van der Waals surface area contributed by atoms with Crippen LogP contribution < -0.4 is 9.47 Å². The van der Waals surface area contributed by atoms with Crippen LogP contribution >= 0.6 is 15.9 Å². The van der Waals surface area contributed by atoms with Crippen molar-refractivity contribution in [1.82, 2.24) is 0 Å². The van der Waals surface area contributed by atoms with Gasteiger partial charge < -0.3 is 14.6 Å². The predicted molar refractivity (Wildman–Crippen MR) is 67.8 cm³/mol. The molecule has 0 aromatic heterocycles. The number of hydrogen-bond donors (Lipinski definition) is 1. The van der Waals surface area contributed by atoms with Gasteiger partial charge in [-0.2, -0.15) is 0 Å². The molecule has 0 fully saturated rings. The molecule has 18 heavy (non-hydrogen) atoms. The normalized spacial score (nSPS) is 10.2. The Morgan fingerprint density at radius 2 is 2.11 bits per heavy atom. The van der Waals surface area contributed by atoms with E-state index in [0.717, 1.165) is 0 Å². The third kappa shape index (κ3) is 3.35. The molecule has 4 nitrogen and oxygen atoms in total. The van der Waals surface area contributed by atoms with Crippen molar-refractivity contribution < 1.29 is 23.8 Å². The average Bonchev–Trinajstić information content (AvgIpc) is 2.33. The van der Waals surface area contributed by atoms with Crippen molar-refractivity contribution in [2.45, 2.75) is 19.3 Å². The molecule has 0 saturated heterocycles. The summed E-state index contributed by atoms with van der Waals surface area (Å²) in [6.45, 7) is 0. The Morgan fingerprint density at radius 3 is 2.61 bits per heavy atom. The molecule has 0 unspecified atom stereocenters. The number of ether oxygens (including phenoxy) is 2. The number of hydrogen-bond acceptors (Lipinski definition) is 3. The molecule has 0 aliphatic rings. The summed E-state index contributed by atoms with van der Waals surface area (Å²) in [7, 11) is 2.88. The third-order valence-corrected chi connectivity index (χ3v) is 3.33. The van der Waals surface area contributed by atoms with E-state index >= 15 is 0 Å². The highest BCUT2D eigenvalue weighted by atomic mass is 79.9. The molecule has 1 aromatic rings. The fourth-order valence-corrected chi connectivity index (χ4v) is 2.14. The van der Waals surface area contributed by atoms with Gasteiger partial charge in [0.25, 0.3) is 0 Å². The molecule has 0 amide bonds. The molecule has 100 valence electrons. The van der Waals surface area contributed by atoms with Gasteiger partial charge in [0.2, 0.25) is 0 Å². The minimum absolute atomic E-state index is 0.0222. The van der Waals surface area contributed by atoms with Gasteiger partial charge in [0.1, 0.15) is 5.82 Å². The lowest BCUT2D eigenvalue weighted by molar-refractivity contribution is -0.137. The predicted octanol–water partition coefficient (Wildman–Crippen LogP) is 3.01. The minimum Gasteiger partial charge on any atom is -0.493 e. The Balaban J connectivity index is 3.06. The van der Waals surface area contributed by atoms with Crippen molar-refractivity contribution in [2.75, 3.05) is 14.2 Å².